The molecule has 7 heteroatoms. The lowest BCUT2D eigenvalue weighted by Crippen LogP contribution is -2.60. The van der Waals surface area contributed by atoms with Gasteiger partial charge in [-0.2, -0.15) is 0 Å². The summed E-state index contributed by atoms with van der Waals surface area (Å²) in [5.41, 5.74) is 0. The van der Waals surface area contributed by atoms with E-state index in [2.05, 4.69) is 10.6 Å². The first kappa shape index (κ1) is 14.0. The second-order valence-corrected chi connectivity index (χ2v) is 4.76. The normalized spacial score (nSPS) is 28.2. The third kappa shape index (κ3) is 3.30. The number of hydrogen-bond acceptors (Lipinski definition) is 5. The average Bonchev–Trinajstić information content (AvgIpc) is 2.39. The smallest absolute Gasteiger partial charge is 0.249 e. The van der Waals surface area contributed by atoms with Gasteiger partial charge in [-0.25, -0.2) is 0 Å². The number of imide groups is 1. The van der Waals surface area contributed by atoms with Crippen molar-refractivity contribution in [3.63, 3.8) is 0 Å². The number of nitrogens with zero attached hydrogens (tertiary/aromatic N) is 1. The van der Waals surface area contributed by atoms with Crippen LogP contribution in [0.5, 0.6) is 0 Å². The Balaban J connectivity index is 1.98. The van der Waals surface area contributed by atoms with E-state index in [1.165, 1.54) is 4.90 Å². The monoisotopic (exact) mass is 269 g/mol. The second-order valence-electron chi connectivity index (χ2n) is 4.76. The molecule has 0 bridgehead atoms. The Hall–Kier alpha value is -1.47. The van der Waals surface area contributed by atoms with E-state index in [1.54, 1.807) is 0 Å². The molecular weight excluding hydrogens is 250 g/mol. The molecule has 3 amide bonds. The lowest BCUT2D eigenvalue weighted by Gasteiger charge is -2.34. The van der Waals surface area contributed by atoms with Crippen molar-refractivity contribution >= 4 is 17.7 Å². The molecule has 2 aliphatic heterocycles. The van der Waals surface area contributed by atoms with Gasteiger partial charge in [0.2, 0.25) is 17.7 Å². The standard InChI is InChI=1S/C12H19N3O4/c1-2-9-12(18)14-10(16)7-15(9)11(17)5-8-6-13-3-4-19-8/h8-9,13H,2-7H2,1H3,(H,14,16,18). The zero-order chi connectivity index (χ0) is 13.8. The van der Waals surface area contributed by atoms with Crippen LogP contribution >= 0.6 is 0 Å². The van der Waals surface area contributed by atoms with Gasteiger partial charge in [0, 0.05) is 13.1 Å². The molecule has 0 aromatic carbocycles. The van der Waals surface area contributed by atoms with Gasteiger partial charge in [0.15, 0.2) is 0 Å². The van der Waals surface area contributed by atoms with Crippen LogP contribution in [0.2, 0.25) is 0 Å². The maximum atomic E-state index is 12.2. The van der Waals surface area contributed by atoms with E-state index in [4.69, 9.17) is 4.74 Å². The average molecular weight is 269 g/mol. The van der Waals surface area contributed by atoms with Gasteiger partial charge in [-0.1, -0.05) is 6.92 Å². The molecule has 2 aliphatic rings. The van der Waals surface area contributed by atoms with Crippen LogP contribution in [0.15, 0.2) is 0 Å². The number of carbonyl (C=O) groups is 3. The van der Waals surface area contributed by atoms with Gasteiger partial charge in [0.25, 0.3) is 0 Å². The van der Waals surface area contributed by atoms with Crippen LogP contribution in [-0.2, 0) is 19.1 Å². The minimum atomic E-state index is -0.554. The van der Waals surface area contributed by atoms with E-state index >= 15 is 0 Å². The SMILES string of the molecule is CCC1C(=O)NC(=O)CN1C(=O)CC1CNCCO1. The number of ether oxygens (including phenoxy) is 1. The van der Waals surface area contributed by atoms with E-state index in [0.717, 1.165) is 6.54 Å². The van der Waals surface area contributed by atoms with Gasteiger partial charge in [-0.05, 0) is 6.42 Å². The third-order valence-electron chi connectivity index (χ3n) is 3.37. The van der Waals surface area contributed by atoms with Crippen LogP contribution in [-0.4, -0.2) is 61.0 Å². The Morgan fingerprint density at radius 2 is 2.26 bits per heavy atom. The summed E-state index contributed by atoms with van der Waals surface area (Å²) in [6.07, 6.45) is 0.512. The Bertz CT molecular complexity index is 379. The molecule has 0 saturated carbocycles. The van der Waals surface area contributed by atoms with Gasteiger partial charge in [0.05, 0.1) is 19.1 Å². The van der Waals surface area contributed by atoms with Crippen LogP contribution < -0.4 is 10.6 Å². The number of amides is 3. The molecule has 2 heterocycles. The lowest BCUT2D eigenvalue weighted by atomic mass is 10.1. The molecule has 2 unspecified atom stereocenters. The Labute approximate surface area is 111 Å². The van der Waals surface area contributed by atoms with Crippen molar-refractivity contribution in [1.82, 2.24) is 15.5 Å². The third-order valence-corrected chi connectivity index (χ3v) is 3.37. The Morgan fingerprint density at radius 1 is 1.47 bits per heavy atom. The van der Waals surface area contributed by atoms with Crippen molar-refractivity contribution in [2.75, 3.05) is 26.2 Å². The molecule has 0 aromatic heterocycles. The topological polar surface area (TPSA) is 87.7 Å². The zero-order valence-electron chi connectivity index (χ0n) is 11.0. The summed E-state index contributed by atoms with van der Waals surface area (Å²) in [6.45, 7) is 3.75. The van der Waals surface area contributed by atoms with Crippen LogP contribution in [0.3, 0.4) is 0 Å². The molecule has 2 rings (SSSR count). The molecule has 0 spiro atoms. The fourth-order valence-electron chi connectivity index (χ4n) is 2.40. The summed E-state index contributed by atoms with van der Waals surface area (Å²) in [4.78, 5) is 36.6. The number of hydrogen-bond donors (Lipinski definition) is 2. The quantitative estimate of drug-likeness (QED) is 0.617. The van der Waals surface area contributed by atoms with Crippen molar-refractivity contribution in [3.8, 4) is 0 Å². The molecule has 2 N–H and O–H groups in total. The highest BCUT2D eigenvalue weighted by Gasteiger charge is 2.36. The van der Waals surface area contributed by atoms with E-state index < -0.39 is 17.9 Å². The Kier molecular flexibility index (Phi) is 4.49. The Morgan fingerprint density at radius 3 is 2.89 bits per heavy atom. The van der Waals surface area contributed by atoms with Gasteiger partial charge in [-0.3, -0.25) is 19.7 Å². The minimum absolute atomic E-state index is 0.0524. The van der Waals surface area contributed by atoms with E-state index in [0.29, 0.717) is 19.6 Å². The highest BCUT2D eigenvalue weighted by atomic mass is 16.5. The maximum absolute atomic E-state index is 12.2. The lowest BCUT2D eigenvalue weighted by molar-refractivity contribution is -0.151. The van der Waals surface area contributed by atoms with Crippen LogP contribution in [0.1, 0.15) is 19.8 Å². The molecule has 106 valence electrons. The van der Waals surface area contributed by atoms with Crippen molar-refractivity contribution in [1.29, 1.82) is 0 Å². The van der Waals surface area contributed by atoms with Gasteiger partial charge in [-0.15, -0.1) is 0 Å². The van der Waals surface area contributed by atoms with Crippen LogP contribution in [0.4, 0.5) is 0 Å². The fourth-order valence-corrected chi connectivity index (χ4v) is 2.40. The van der Waals surface area contributed by atoms with Crippen molar-refractivity contribution in [3.05, 3.63) is 0 Å². The summed E-state index contributed by atoms with van der Waals surface area (Å²) >= 11 is 0. The van der Waals surface area contributed by atoms with Gasteiger partial charge in [0.1, 0.15) is 12.6 Å². The van der Waals surface area contributed by atoms with E-state index in [9.17, 15) is 14.4 Å². The predicted molar refractivity (Wildman–Crippen MR) is 66.2 cm³/mol. The molecule has 2 fully saturated rings. The summed E-state index contributed by atoms with van der Waals surface area (Å²) in [5.74, 6) is -1.02. The summed E-state index contributed by atoms with van der Waals surface area (Å²) in [7, 11) is 0. The minimum Gasteiger partial charge on any atom is -0.375 e. The molecule has 2 atom stereocenters. The predicted octanol–water partition coefficient (Wildman–Crippen LogP) is -1.37. The largest absolute Gasteiger partial charge is 0.375 e. The number of rotatable bonds is 3. The molecule has 19 heavy (non-hydrogen) atoms. The number of carbonyl (C=O) groups excluding carboxylic acids is 3. The molecule has 7 nitrogen and oxygen atoms in total. The molecule has 0 radical (unpaired) electrons. The molecule has 0 aromatic rings. The molecule has 2 saturated heterocycles. The van der Waals surface area contributed by atoms with Gasteiger partial charge < -0.3 is 15.0 Å². The summed E-state index contributed by atoms with van der Waals surface area (Å²) < 4.78 is 5.47. The maximum Gasteiger partial charge on any atom is 0.249 e. The first-order valence-corrected chi connectivity index (χ1v) is 6.57. The zero-order valence-corrected chi connectivity index (χ0v) is 11.0. The van der Waals surface area contributed by atoms with Crippen molar-refractivity contribution in [2.45, 2.75) is 31.9 Å². The highest BCUT2D eigenvalue weighted by Crippen LogP contribution is 2.13. The first-order chi connectivity index (χ1) is 9.11. The van der Waals surface area contributed by atoms with E-state index in [-0.39, 0.29) is 25.0 Å². The van der Waals surface area contributed by atoms with E-state index in [1.807, 2.05) is 6.92 Å². The number of nitrogens with one attached hydrogen (secondary N) is 2. The summed E-state index contributed by atoms with van der Waals surface area (Å²) in [6, 6.07) is -0.554. The van der Waals surface area contributed by atoms with Crippen LogP contribution in [0.25, 0.3) is 0 Å². The number of piperazine rings is 1. The van der Waals surface area contributed by atoms with Crippen molar-refractivity contribution < 1.29 is 19.1 Å². The van der Waals surface area contributed by atoms with Crippen molar-refractivity contribution in [2.24, 2.45) is 0 Å². The number of morpholine rings is 1. The fraction of sp³-hybridized carbons (Fsp3) is 0.750. The molecule has 0 aliphatic carbocycles. The van der Waals surface area contributed by atoms with Gasteiger partial charge >= 0.3 is 0 Å². The first-order valence-electron chi connectivity index (χ1n) is 6.57. The van der Waals surface area contributed by atoms with Crippen LogP contribution in [0, 0.1) is 0 Å². The summed E-state index contributed by atoms with van der Waals surface area (Å²) in [5, 5.41) is 5.40. The second kappa shape index (κ2) is 6.12. The molecular formula is C12H19N3O4. The highest BCUT2D eigenvalue weighted by molar-refractivity contribution is 6.04.